The first-order valence-electron chi connectivity index (χ1n) is 10.3. The van der Waals surface area contributed by atoms with Crippen LogP contribution in [0.2, 0.25) is 0 Å². The summed E-state index contributed by atoms with van der Waals surface area (Å²) in [5, 5.41) is 2.95. The molecular formula is C24H32N2O2S. The Kier molecular flexibility index (Phi) is 9.78. The fourth-order valence-corrected chi connectivity index (χ4v) is 3.99. The second kappa shape index (κ2) is 12.3. The number of rotatable bonds is 11. The highest BCUT2D eigenvalue weighted by atomic mass is 32.2. The van der Waals surface area contributed by atoms with Crippen molar-refractivity contribution in [3.63, 3.8) is 0 Å². The molecule has 2 rings (SSSR count). The van der Waals surface area contributed by atoms with Gasteiger partial charge in [0.1, 0.15) is 6.04 Å². The SMILES string of the molecule is CCCCNC(=O)[C@H](C)N(Cc1ccccc1)C(=O)CSCc1ccccc1C. The van der Waals surface area contributed by atoms with Crippen LogP contribution in [0.3, 0.4) is 0 Å². The van der Waals surface area contributed by atoms with Crippen LogP contribution in [-0.2, 0) is 21.9 Å². The van der Waals surface area contributed by atoms with Crippen LogP contribution in [0.4, 0.5) is 0 Å². The molecule has 2 aromatic carbocycles. The van der Waals surface area contributed by atoms with E-state index in [1.165, 1.54) is 11.1 Å². The van der Waals surface area contributed by atoms with Gasteiger partial charge in [0.2, 0.25) is 11.8 Å². The normalized spacial score (nSPS) is 11.7. The van der Waals surface area contributed by atoms with Gasteiger partial charge in [-0.1, -0.05) is 67.9 Å². The molecule has 29 heavy (non-hydrogen) atoms. The van der Waals surface area contributed by atoms with Crippen molar-refractivity contribution in [2.24, 2.45) is 0 Å². The van der Waals surface area contributed by atoms with Gasteiger partial charge in [-0.05, 0) is 37.0 Å². The quantitative estimate of drug-likeness (QED) is 0.550. The molecule has 5 heteroatoms. The highest BCUT2D eigenvalue weighted by molar-refractivity contribution is 7.99. The molecule has 4 nitrogen and oxygen atoms in total. The van der Waals surface area contributed by atoms with E-state index in [1.807, 2.05) is 49.4 Å². The molecule has 0 heterocycles. The molecule has 0 aliphatic heterocycles. The molecule has 0 saturated heterocycles. The number of benzene rings is 2. The van der Waals surface area contributed by atoms with Crippen LogP contribution in [0, 0.1) is 6.92 Å². The molecule has 0 aromatic heterocycles. The van der Waals surface area contributed by atoms with E-state index >= 15 is 0 Å². The second-order valence-electron chi connectivity index (χ2n) is 7.25. The van der Waals surface area contributed by atoms with Crippen LogP contribution in [0.25, 0.3) is 0 Å². The summed E-state index contributed by atoms with van der Waals surface area (Å²) in [4.78, 5) is 27.3. The van der Waals surface area contributed by atoms with Crippen molar-refractivity contribution in [1.82, 2.24) is 10.2 Å². The first kappa shape index (κ1) is 23.0. The lowest BCUT2D eigenvalue weighted by molar-refractivity contribution is -0.138. The van der Waals surface area contributed by atoms with Gasteiger partial charge < -0.3 is 10.2 Å². The standard InChI is InChI=1S/C24H32N2O2S/c1-4-5-15-25-24(28)20(3)26(16-21-12-7-6-8-13-21)23(27)18-29-17-22-14-10-9-11-19(22)2/h6-14,20H,4-5,15-18H2,1-3H3,(H,25,28)/t20-/m0/s1. The van der Waals surface area contributed by atoms with Crippen LogP contribution in [0.15, 0.2) is 54.6 Å². The van der Waals surface area contributed by atoms with E-state index in [1.54, 1.807) is 16.7 Å². The minimum Gasteiger partial charge on any atom is -0.354 e. The number of thioether (sulfide) groups is 1. The first-order chi connectivity index (χ1) is 14.0. The molecule has 0 spiro atoms. The maximum atomic E-state index is 13.0. The Morgan fingerprint density at radius 3 is 2.45 bits per heavy atom. The number of carbonyl (C=O) groups is 2. The third-order valence-corrected chi connectivity index (χ3v) is 5.90. The summed E-state index contributed by atoms with van der Waals surface area (Å²) in [6, 6.07) is 17.6. The third-order valence-electron chi connectivity index (χ3n) is 4.94. The lowest BCUT2D eigenvalue weighted by atomic mass is 10.1. The minimum atomic E-state index is -0.501. The van der Waals surface area contributed by atoms with Crippen molar-refractivity contribution >= 4 is 23.6 Å². The van der Waals surface area contributed by atoms with Crippen molar-refractivity contribution in [3.05, 3.63) is 71.3 Å². The summed E-state index contributed by atoms with van der Waals surface area (Å²) in [6.07, 6.45) is 1.97. The number of aryl methyl sites for hydroxylation is 1. The van der Waals surface area contributed by atoms with Gasteiger partial charge in [-0.25, -0.2) is 0 Å². The van der Waals surface area contributed by atoms with Crippen molar-refractivity contribution < 1.29 is 9.59 Å². The molecule has 0 aliphatic carbocycles. The fraction of sp³-hybridized carbons (Fsp3) is 0.417. The number of hydrogen-bond acceptors (Lipinski definition) is 3. The Bertz CT molecular complexity index is 779. The Balaban J connectivity index is 2.01. The summed E-state index contributed by atoms with van der Waals surface area (Å²) >= 11 is 1.60. The van der Waals surface area contributed by atoms with Gasteiger partial charge >= 0.3 is 0 Å². The smallest absolute Gasteiger partial charge is 0.242 e. The third kappa shape index (κ3) is 7.58. The molecule has 1 atom stereocenters. The number of nitrogens with one attached hydrogen (secondary N) is 1. The molecule has 2 amide bonds. The molecule has 0 fully saturated rings. The van der Waals surface area contributed by atoms with Crippen LogP contribution in [0.1, 0.15) is 43.4 Å². The van der Waals surface area contributed by atoms with Crippen molar-refractivity contribution in [1.29, 1.82) is 0 Å². The van der Waals surface area contributed by atoms with Gasteiger partial charge in [0, 0.05) is 18.8 Å². The Morgan fingerprint density at radius 2 is 1.76 bits per heavy atom. The predicted molar refractivity (Wildman–Crippen MR) is 122 cm³/mol. The monoisotopic (exact) mass is 412 g/mol. The molecule has 0 bridgehead atoms. The van der Waals surface area contributed by atoms with E-state index in [2.05, 4.69) is 31.3 Å². The molecular weight excluding hydrogens is 380 g/mol. The van der Waals surface area contributed by atoms with Gasteiger partial charge in [0.25, 0.3) is 0 Å². The van der Waals surface area contributed by atoms with E-state index < -0.39 is 6.04 Å². The van der Waals surface area contributed by atoms with Gasteiger partial charge in [0.15, 0.2) is 0 Å². The number of hydrogen-bond donors (Lipinski definition) is 1. The molecule has 156 valence electrons. The number of amides is 2. The average molecular weight is 413 g/mol. The van der Waals surface area contributed by atoms with E-state index in [0.29, 0.717) is 18.8 Å². The van der Waals surface area contributed by atoms with Crippen molar-refractivity contribution in [3.8, 4) is 0 Å². The fourth-order valence-electron chi connectivity index (χ4n) is 3.00. The zero-order valence-corrected chi connectivity index (χ0v) is 18.5. The van der Waals surface area contributed by atoms with E-state index in [4.69, 9.17) is 0 Å². The zero-order valence-electron chi connectivity index (χ0n) is 17.7. The number of carbonyl (C=O) groups excluding carboxylic acids is 2. The van der Waals surface area contributed by atoms with E-state index in [-0.39, 0.29) is 11.8 Å². The summed E-state index contributed by atoms with van der Waals surface area (Å²) < 4.78 is 0. The Morgan fingerprint density at radius 1 is 1.07 bits per heavy atom. The summed E-state index contributed by atoms with van der Waals surface area (Å²) in [6.45, 7) is 7.07. The molecule has 0 aliphatic rings. The number of unbranched alkanes of at least 4 members (excludes halogenated alkanes) is 1. The Labute approximate surface area is 179 Å². The highest BCUT2D eigenvalue weighted by Crippen LogP contribution is 2.18. The lowest BCUT2D eigenvalue weighted by Gasteiger charge is -2.28. The van der Waals surface area contributed by atoms with E-state index in [9.17, 15) is 9.59 Å². The zero-order chi connectivity index (χ0) is 21.1. The summed E-state index contributed by atoms with van der Waals surface area (Å²) in [7, 11) is 0. The lowest BCUT2D eigenvalue weighted by Crippen LogP contribution is -2.48. The molecule has 0 radical (unpaired) electrons. The van der Waals surface area contributed by atoms with Crippen LogP contribution < -0.4 is 5.32 Å². The van der Waals surface area contributed by atoms with Gasteiger partial charge in [-0.15, -0.1) is 11.8 Å². The summed E-state index contributed by atoms with van der Waals surface area (Å²) in [5.74, 6) is 1.04. The van der Waals surface area contributed by atoms with Crippen LogP contribution in [0.5, 0.6) is 0 Å². The summed E-state index contributed by atoms with van der Waals surface area (Å²) in [5.41, 5.74) is 3.50. The van der Waals surface area contributed by atoms with E-state index in [0.717, 1.165) is 24.2 Å². The molecule has 0 saturated carbocycles. The minimum absolute atomic E-state index is 0.00872. The number of nitrogens with zero attached hydrogens (tertiary/aromatic N) is 1. The van der Waals surface area contributed by atoms with Crippen LogP contribution >= 0.6 is 11.8 Å². The molecule has 0 unspecified atom stereocenters. The first-order valence-corrected chi connectivity index (χ1v) is 11.4. The maximum Gasteiger partial charge on any atom is 0.242 e. The second-order valence-corrected chi connectivity index (χ2v) is 8.23. The van der Waals surface area contributed by atoms with Crippen LogP contribution in [-0.4, -0.2) is 35.1 Å². The van der Waals surface area contributed by atoms with Crippen molar-refractivity contribution in [2.45, 2.75) is 52.0 Å². The highest BCUT2D eigenvalue weighted by Gasteiger charge is 2.25. The molecule has 1 N–H and O–H groups in total. The topological polar surface area (TPSA) is 49.4 Å². The average Bonchev–Trinajstić information content (AvgIpc) is 2.73. The Hall–Kier alpha value is -2.27. The van der Waals surface area contributed by atoms with Gasteiger partial charge in [0.05, 0.1) is 5.75 Å². The van der Waals surface area contributed by atoms with Gasteiger partial charge in [-0.2, -0.15) is 0 Å². The predicted octanol–water partition coefficient (Wildman–Crippen LogP) is 4.56. The van der Waals surface area contributed by atoms with Crippen molar-refractivity contribution in [2.75, 3.05) is 12.3 Å². The largest absolute Gasteiger partial charge is 0.354 e. The maximum absolute atomic E-state index is 13.0. The van der Waals surface area contributed by atoms with Gasteiger partial charge in [-0.3, -0.25) is 9.59 Å². The molecule has 2 aromatic rings.